The van der Waals surface area contributed by atoms with Crippen molar-refractivity contribution in [3.05, 3.63) is 58.3 Å². The Morgan fingerprint density at radius 2 is 1.76 bits per heavy atom. The lowest BCUT2D eigenvalue weighted by molar-refractivity contribution is -0.386. The number of hydrogen-bond acceptors (Lipinski definition) is 8. The van der Waals surface area contributed by atoms with Crippen LogP contribution >= 0.6 is 0 Å². The van der Waals surface area contributed by atoms with Crippen LogP contribution in [0.15, 0.2) is 42.5 Å². The fraction of sp³-hybridized carbons (Fsp3) is 0.250. The molecule has 0 aliphatic heterocycles. The van der Waals surface area contributed by atoms with Crippen LogP contribution in [0.25, 0.3) is 11.0 Å². The molecule has 9 nitrogen and oxygen atoms in total. The second-order valence-electron chi connectivity index (χ2n) is 5.94. The third-order valence-electron chi connectivity index (χ3n) is 4.05. The molecular formula is C20H19N3O6. The number of methoxy groups -OCH3 is 1. The highest BCUT2D eigenvalue weighted by Gasteiger charge is 2.24. The van der Waals surface area contributed by atoms with Crippen molar-refractivity contribution >= 4 is 22.7 Å². The Bertz CT molecular complexity index is 1050. The average molecular weight is 397 g/mol. The Kier molecular flexibility index (Phi) is 6.18. The third-order valence-corrected chi connectivity index (χ3v) is 4.05. The molecule has 0 bridgehead atoms. The molecule has 0 saturated carbocycles. The van der Waals surface area contributed by atoms with E-state index in [1.54, 1.807) is 31.2 Å². The smallest absolute Gasteiger partial charge is 0.353 e. The second kappa shape index (κ2) is 8.96. The van der Waals surface area contributed by atoms with E-state index < -0.39 is 4.92 Å². The molecule has 0 saturated heterocycles. The minimum absolute atomic E-state index is 0.0312. The highest BCUT2D eigenvalue weighted by molar-refractivity contribution is 5.75. The SMILES string of the molecule is CCOC(=O)CCc1nc2ccccc2nc1Oc1cccc(OC)c1[N+](=O)[O-]. The Hall–Kier alpha value is -3.75. The summed E-state index contributed by atoms with van der Waals surface area (Å²) in [5.74, 6) is -0.254. The number of fused-ring (bicyclic) bond motifs is 1. The topological polar surface area (TPSA) is 114 Å². The number of para-hydroxylation sites is 3. The summed E-state index contributed by atoms with van der Waals surface area (Å²) in [5, 5.41) is 11.5. The van der Waals surface area contributed by atoms with Crippen LogP contribution < -0.4 is 9.47 Å². The first-order chi connectivity index (χ1) is 14.0. The molecule has 0 N–H and O–H groups in total. The van der Waals surface area contributed by atoms with Gasteiger partial charge in [0.05, 0.1) is 36.1 Å². The van der Waals surface area contributed by atoms with Gasteiger partial charge < -0.3 is 14.2 Å². The van der Waals surface area contributed by atoms with E-state index in [0.717, 1.165) is 0 Å². The van der Waals surface area contributed by atoms with Crippen molar-refractivity contribution in [2.75, 3.05) is 13.7 Å². The van der Waals surface area contributed by atoms with Gasteiger partial charge in [-0.25, -0.2) is 9.97 Å². The molecule has 0 amide bonds. The molecule has 0 aliphatic carbocycles. The lowest BCUT2D eigenvalue weighted by Gasteiger charge is -2.12. The van der Waals surface area contributed by atoms with E-state index >= 15 is 0 Å². The minimum atomic E-state index is -0.582. The molecule has 0 aliphatic rings. The number of nitrogens with zero attached hydrogens (tertiary/aromatic N) is 3. The highest BCUT2D eigenvalue weighted by Crippen LogP contribution is 2.39. The van der Waals surface area contributed by atoms with Crippen LogP contribution in [0.4, 0.5) is 5.69 Å². The largest absolute Gasteiger partial charge is 0.490 e. The van der Waals surface area contributed by atoms with E-state index in [2.05, 4.69) is 9.97 Å². The standard InChI is InChI=1S/C20H19N3O6/c1-3-28-18(24)12-11-15-20(22-14-8-5-4-7-13(14)21-15)29-17-10-6-9-16(27-2)19(17)23(25)26/h4-10H,3,11-12H2,1-2H3. The molecule has 3 aromatic rings. The Balaban J connectivity index is 2.02. The summed E-state index contributed by atoms with van der Waals surface area (Å²) in [7, 11) is 1.34. The second-order valence-corrected chi connectivity index (χ2v) is 5.94. The van der Waals surface area contributed by atoms with Crippen LogP contribution in [-0.2, 0) is 16.0 Å². The fourth-order valence-corrected chi connectivity index (χ4v) is 2.75. The van der Waals surface area contributed by atoms with Crippen molar-refractivity contribution in [2.45, 2.75) is 19.8 Å². The Morgan fingerprint density at radius 3 is 2.41 bits per heavy atom. The van der Waals surface area contributed by atoms with E-state index in [4.69, 9.17) is 14.2 Å². The van der Waals surface area contributed by atoms with Gasteiger partial charge in [0.2, 0.25) is 17.4 Å². The van der Waals surface area contributed by atoms with E-state index in [-0.39, 0.29) is 48.5 Å². The Morgan fingerprint density at radius 1 is 1.07 bits per heavy atom. The van der Waals surface area contributed by atoms with Crippen molar-refractivity contribution in [3.8, 4) is 17.4 Å². The number of aromatic nitrogens is 2. The number of carbonyl (C=O) groups excluding carboxylic acids is 1. The van der Waals surface area contributed by atoms with E-state index in [9.17, 15) is 14.9 Å². The van der Waals surface area contributed by atoms with E-state index in [1.807, 2.05) is 6.07 Å². The first kappa shape index (κ1) is 20.0. The first-order valence-corrected chi connectivity index (χ1v) is 8.94. The number of carbonyl (C=O) groups is 1. The summed E-state index contributed by atoms with van der Waals surface area (Å²) >= 11 is 0. The van der Waals surface area contributed by atoms with Gasteiger partial charge in [0.25, 0.3) is 0 Å². The molecule has 2 aromatic carbocycles. The fourth-order valence-electron chi connectivity index (χ4n) is 2.75. The molecule has 0 unspecified atom stereocenters. The molecule has 3 rings (SSSR count). The number of benzene rings is 2. The van der Waals surface area contributed by atoms with Gasteiger partial charge in [-0.1, -0.05) is 18.2 Å². The number of rotatable bonds is 8. The minimum Gasteiger partial charge on any atom is -0.490 e. The predicted octanol–water partition coefficient (Wildman–Crippen LogP) is 3.83. The summed E-state index contributed by atoms with van der Waals surface area (Å²) in [6.07, 6.45) is 0.293. The van der Waals surface area contributed by atoms with Gasteiger partial charge >= 0.3 is 11.7 Å². The van der Waals surface area contributed by atoms with Crippen LogP contribution in [0.3, 0.4) is 0 Å². The van der Waals surface area contributed by atoms with E-state index in [1.165, 1.54) is 19.2 Å². The van der Waals surface area contributed by atoms with Crippen LogP contribution in [0.1, 0.15) is 19.0 Å². The molecule has 0 atom stereocenters. The summed E-state index contributed by atoms with van der Waals surface area (Å²) < 4.78 is 15.8. The van der Waals surface area contributed by atoms with Gasteiger partial charge in [-0.2, -0.15) is 0 Å². The van der Waals surface area contributed by atoms with Crippen molar-refractivity contribution in [1.82, 2.24) is 9.97 Å². The van der Waals surface area contributed by atoms with Gasteiger partial charge in [0.15, 0.2) is 0 Å². The van der Waals surface area contributed by atoms with E-state index in [0.29, 0.717) is 16.7 Å². The van der Waals surface area contributed by atoms with Crippen molar-refractivity contribution in [3.63, 3.8) is 0 Å². The van der Waals surface area contributed by atoms with Gasteiger partial charge in [-0.3, -0.25) is 14.9 Å². The van der Waals surface area contributed by atoms with Crippen molar-refractivity contribution < 1.29 is 23.9 Å². The van der Waals surface area contributed by atoms with Crippen molar-refractivity contribution in [1.29, 1.82) is 0 Å². The lowest BCUT2D eigenvalue weighted by atomic mass is 10.2. The molecule has 1 heterocycles. The number of nitro groups is 1. The molecule has 0 spiro atoms. The number of hydrogen-bond donors (Lipinski definition) is 0. The number of ether oxygens (including phenoxy) is 3. The molecule has 1 aromatic heterocycles. The number of nitro benzene ring substituents is 1. The maximum atomic E-state index is 11.8. The number of aryl methyl sites for hydroxylation is 1. The zero-order chi connectivity index (χ0) is 20.8. The van der Waals surface area contributed by atoms with Crippen LogP contribution in [0.2, 0.25) is 0 Å². The average Bonchev–Trinajstić information content (AvgIpc) is 2.72. The molecule has 29 heavy (non-hydrogen) atoms. The summed E-state index contributed by atoms with van der Waals surface area (Å²) in [5.41, 5.74) is 1.27. The third kappa shape index (κ3) is 4.57. The predicted molar refractivity (Wildman–Crippen MR) is 104 cm³/mol. The summed E-state index contributed by atoms with van der Waals surface area (Å²) in [6.45, 7) is 2.01. The van der Waals surface area contributed by atoms with Gasteiger partial charge in [0.1, 0.15) is 5.69 Å². The zero-order valence-corrected chi connectivity index (χ0v) is 16.0. The maximum Gasteiger partial charge on any atom is 0.353 e. The van der Waals surface area contributed by atoms with Crippen molar-refractivity contribution in [2.24, 2.45) is 0 Å². The van der Waals surface area contributed by atoms with Gasteiger partial charge in [0, 0.05) is 6.42 Å². The Labute approximate surface area is 166 Å². The maximum absolute atomic E-state index is 11.8. The van der Waals surface area contributed by atoms with Crippen LogP contribution in [0.5, 0.6) is 17.4 Å². The first-order valence-electron chi connectivity index (χ1n) is 8.94. The molecule has 150 valence electrons. The molecular weight excluding hydrogens is 378 g/mol. The van der Waals surface area contributed by atoms with Gasteiger partial charge in [-0.15, -0.1) is 0 Å². The monoisotopic (exact) mass is 397 g/mol. The molecule has 9 heteroatoms. The summed E-state index contributed by atoms with van der Waals surface area (Å²) in [6, 6.07) is 11.7. The zero-order valence-electron chi connectivity index (χ0n) is 16.0. The van der Waals surface area contributed by atoms with Gasteiger partial charge in [-0.05, 0) is 31.2 Å². The molecule has 0 radical (unpaired) electrons. The number of esters is 1. The quantitative estimate of drug-likeness (QED) is 0.320. The van der Waals surface area contributed by atoms with Crippen LogP contribution in [0, 0.1) is 10.1 Å². The summed E-state index contributed by atoms with van der Waals surface area (Å²) in [4.78, 5) is 31.7. The lowest BCUT2D eigenvalue weighted by Crippen LogP contribution is -2.08. The highest BCUT2D eigenvalue weighted by atomic mass is 16.6. The molecule has 0 fully saturated rings. The normalized spacial score (nSPS) is 10.6. The van der Waals surface area contributed by atoms with Crippen LogP contribution in [-0.4, -0.2) is 34.6 Å².